The van der Waals surface area contributed by atoms with Crippen LogP contribution in [-0.4, -0.2) is 17.2 Å². The van der Waals surface area contributed by atoms with Crippen LogP contribution in [0.15, 0.2) is 42.6 Å². The van der Waals surface area contributed by atoms with Crippen molar-refractivity contribution in [3.63, 3.8) is 0 Å². The Bertz CT molecular complexity index is 508. The van der Waals surface area contributed by atoms with E-state index < -0.39 is 6.10 Å². The van der Waals surface area contributed by atoms with Crippen molar-refractivity contribution in [2.75, 3.05) is 7.11 Å². The van der Waals surface area contributed by atoms with E-state index in [1.807, 2.05) is 43.3 Å². The largest absolute Gasteiger partial charge is 0.495 e. The lowest BCUT2D eigenvalue weighted by Crippen LogP contribution is -1.99. The van der Waals surface area contributed by atoms with E-state index >= 15 is 0 Å². The van der Waals surface area contributed by atoms with Crippen LogP contribution in [-0.2, 0) is 0 Å². The summed E-state index contributed by atoms with van der Waals surface area (Å²) in [6, 6.07) is 11.6. The Morgan fingerprint density at radius 1 is 1.22 bits per heavy atom. The van der Waals surface area contributed by atoms with E-state index in [4.69, 9.17) is 4.74 Å². The first kappa shape index (κ1) is 12.6. The van der Waals surface area contributed by atoms with E-state index in [-0.39, 0.29) is 0 Å². The van der Waals surface area contributed by atoms with Gasteiger partial charge in [-0.05, 0) is 24.1 Å². The van der Waals surface area contributed by atoms with Gasteiger partial charge in [-0.15, -0.1) is 0 Å². The highest BCUT2D eigenvalue weighted by Crippen LogP contribution is 2.28. The van der Waals surface area contributed by atoms with Gasteiger partial charge in [0.2, 0.25) is 0 Å². The van der Waals surface area contributed by atoms with Crippen molar-refractivity contribution in [1.82, 2.24) is 4.98 Å². The second-order valence-electron chi connectivity index (χ2n) is 4.09. The van der Waals surface area contributed by atoms with Crippen molar-refractivity contribution in [2.24, 2.45) is 0 Å². The summed E-state index contributed by atoms with van der Waals surface area (Å²) in [6.07, 6.45) is 1.92. The predicted molar refractivity (Wildman–Crippen MR) is 71.5 cm³/mol. The minimum atomic E-state index is -0.454. The number of aliphatic hydroxyl groups excluding tert-OH is 1. The summed E-state index contributed by atoms with van der Waals surface area (Å²) in [5.41, 5.74) is 2.73. The zero-order valence-electron chi connectivity index (χ0n) is 10.6. The first-order valence-corrected chi connectivity index (χ1v) is 6.03. The van der Waals surface area contributed by atoms with Crippen LogP contribution in [0.4, 0.5) is 0 Å². The minimum absolute atomic E-state index is 0.454. The van der Waals surface area contributed by atoms with Gasteiger partial charge in [0.05, 0.1) is 25.1 Å². The fraction of sp³-hybridized carbons (Fsp3) is 0.267. The molecule has 0 saturated heterocycles. The monoisotopic (exact) mass is 243 g/mol. The van der Waals surface area contributed by atoms with Gasteiger partial charge >= 0.3 is 0 Å². The molecule has 2 aromatic rings. The normalized spacial score (nSPS) is 12.2. The maximum atomic E-state index is 10.0. The number of ether oxygens (including phenoxy) is 1. The Hall–Kier alpha value is -1.87. The molecule has 1 N–H and O–H groups in total. The molecule has 94 valence electrons. The van der Waals surface area contributed by atoms with Crippen molar-refractivity contribution >= 4 is 0 Å². The summed E-state index contributed by atoms with van der Waals surface area (Å²) in [4.78, 5) is 4.36. The number of benzene rings is 1. The van der Waals surface area contributed by atoms with E-state index in [0.717, 1.165) is 22.6 Å². The summed E-state index contributed by atoms with van der Waals surface area (Å²) in [5, 5.41) is 10.0. The fourth-order valence-corrected chi connectivity index (χ4v) is 1.90. The predicted octanol–water partition coefficient (Wildman–Crippen LogP) is 3.20. The molecule has 3 nitrogen and oxygen atoms in total. The smallest absolute Gasteiger partial charge is 0.137 e. The van der Waals surface area contributed by atoms with Gasteiger partial charge in [-0.3, -0.25) is 4.98 Å². The van der Waals surface area contributed by atoms with Gasteiger partial charge in [0, 0.05) is 5.56 Å². The van der Waals surface area contributed by atoms with Gasteiger partial charge in [-0.2, -0.15) is 0 Å². The first-order valence-electron chi connectivity index (χ1n) is 6.03. The molecule has 2 rings (SSSR count). The molecule has 3 heteroatoms. The van der Waals surface area contributed by atoms with Gasteiger partial charge < -0.3 is 9.84 Å². The Balaban J connectivity index is 2.43. The Kier molecular flexibility index (Phi) is 3.95. The van der Waals surface area contributed by atoms with Crippen LogP contribution >= 0.6 is 0 Å². The molecule has 0 spiro atoms. The molecule has 1 atom stereocenters. The lowest BCUT2D eigenvalue weighted by atomic mass is 9.98. The third kappa shape index (κ3) is 2.51. The Labute approximate surface area is 107 Å². The molecular formula is C15H17NO2. The van der Waals surface area contributed by atoms with Crippen LogP contribution in [0.2, 0.25) is 0 Å². The molecular weight excluding hydrogens is 226 g/mol. The highest BCUT2D eigenvalue weighted by atomic mass is 16.5. The van der Waals surface area contributed by atoms with Crippen LogP contribution in [0.5, 0.6) is 5.75 Å². The highest BCUT2D eigenvalue weighted by molar-refractivity contribution is 5.64. The number of nitrogens with zero attached hydrogens (tertiary/aromatic N) is 1. The zero-order valence-corrected chi connectivity index (χ0v) is 10.6. The highest BCUT2D eigenvalue weighted by Gasteiger charge is 2.12. The van der Waals surface area contributed by atoms with Crippen LogP contribution in [0.25, 0.3) is 11.3 Å². The number of rotatable bonds is 4. The van der Waals surface area contributed by atoms with Crippen molar-refractivity contribution in [2.45, 2.75) is 19.4 Å². The van der Waals surface area contributed by atoms with Crippen LogP contribution < -0.4 is 4.74 Å². The molecule has 1 heterocycles. The first-order chi connectivity index (χ1) is 8.76. The topological polar surface area (TPSA) is 42.4 Å². The van der Waals surface area contributed by atoms with E-state index in [0.29, 0.717) is 6.42 Å². The number of hydrogen-bond acceptors (Lipinski definition) is 3. The van der Waals surface area contributed by atoms with Crippen LogP contribution in [0, 0.1) is 0 Å². The molecule has 0 aliphatic heterocycles. The van der Waals surface area contributed by atoms with Crippen molar-refractivity contribution < 1.29 is 9.84 Å². The number of pyridine rings is 1. The summed E-state index contributed by atoms with van der Waals surface area (Å²) in [5.74, 6) is 0.729. The Morgan fingerprint density at radius 2 is 2.00 bits per heavy atom. The molecule has 0 radical (unpaired) electrons. The quantitative estimate of drug-likeness (QED) is 0.896. The second-order valence-corrected chi connectivity index (χ2v) is 4.09. The van der Waals surface area contributed by atoms with E-state index in [1.165, 1.54) is 0 Å². The lowest BCUT2D eigenvalue weighted by Gasteiger charge is -2.13. The molecule has 1 aromatic carbocycles. The van der Waals surface area contributed by atoms with Crippen molar-refractivity contribution in [3.8, 4) is 17.0 Å². The third-order valence-electron chi connectivity index (χ3n) is 2.95. The molecule has 0 aliphatic carbocycles. The SMILES string of the molecule is CCC(O)c1ccccc1-c1ccc(OC)cn1. The fourth-order valence-electron chi connectivity index (χ4n) is 1.90. The minimum Gasteiger partial charge on any atom is -0.495 e. The maximum Gasteiger partial charge on any atom is 0.137 e. The van der Waals surface area contributed by atoms with E-state index in [1.54, 1.807) is 13.3 Å². The van der Waals surface area contributed by atoms with Gasteiger partial charge in [-0.1, -0.05) is 31.2 Å². The molecule has 0 amide bonds. The lowest BCUT2D eigenvalue weighted by molar-refractivity contribution is 0.174. The number of methoxy groups -OCH3 is 1. The van der Waals surface area contributed by atoms with Crippen molar-refractivity contribution in [1.29, 1.82) is 0 Å². The van der Waals surface area contributed by atoms with Crippen LogP contribution in [0.1, 0.15) is 25.0 Å². The van der Waals surface area contributed by atoms with Gasteiger partial charge in [-0.25, -0.2) is 0 Å². The summed E-state index contributed by atoms with van der Waals surface area (Å²) in [6.45, 7) is 1.96. The molecule has 0 bridgehead atoms. The molecule has 18 heavy (non-hydrogen) atoms. The van der Waals surface area contributed by atoms with Crippen LogP contribution in [0.3, 0.4) is 0 Å². The average Bonchev–Trinajstić information content (AvgIpc) is 2.46. The van der Waals surface area contributed by atoms with Crippen molar-refractivity contribution in [3.05, 3.63) is 48.2 Å². The average molecular weight is 243 g/mol. The van der Waals surface area contributed by atoms with Gasteiger partial charge in [0.1, 0.15) is 5.75 Å². The summed E-state index contributed by atoms with van der Waals surface area (Å²) < 4.78 is 5.09. The van der Waals surface area contributed by atoms with Gasteiger partial charge in [0.25, 0.3) is 0 Å². The third-order valence-corrected chi connectivity index (χ3v) is 2.95. The van der Waals surface area contributed by atoms with E-state index in [2.05, 4.69) is 4.98 Å². The molecule has 1 aromatic heterocycles. The molecule has 1 unspecified atom stereocenters. The van der Waals surface area contributed by atoms with E-state index in [9.17, 15) is 5.11 Å². The number of aromatic nitrogens is 1. The molecule has 0 fully saturated rings. The molecule has 0 saturated carbocycles. The number of aliphatic hydroxyl groups is 1. The van der Waals surface area contributed by atoms with Gasteiger partial charge in [0.15, 0.2) is 0 Å². The number of hydrogen-bond donors (Lipinski definition) is 1. The molecule has 0 aliphatic rings. The standard InChI is InChI=1S/C15H17NO2/c1-3-15(17)13-7-5-4-6-12(13)14-9-8-11(18-2)10-16-14/h4-10,15,17H,3H2,1-2H3. The summed E-state index contributed by atoms with van der Waals surface area (Å²) in [7, 11) is 1.62. The Morgan fingerprint density at radius 3 is 2.61 bits per heavy atom. The second kappa shape index (κ2) is 5.65. The zero-order chi connectivity index (χ0) is 13.0. The maximum absolute atomic E-state index is 10.0. The summed E-state index contributed by atoms with van der Waals surface area (Å²) >= 11 is 0.